The van der Waals surface area contributed by atoms with E-state index in [4.69, 9.17) is 9.47 Å². The first-order chi connectivity index (χ1) is 11.6. The van der Waals surface area contributed by atoms with Gasteiger partial charge in [0.25, 0.3) is 5.91 Å². The van der Waals surface area contributed by atoms with E-state index in [9.17, 15) is 9.18 Å². The highest BCUT2D eigenvalue weighted by molar-refractivity contribution is 7.99. The second kappa shape index (κ2) is 7.13. The van der Waals surface area contributed by atoms with Gasteiger partial charge in [0.2, 0.25) is 0 Å². The van der Waals surface area contributed by atoms with E-state index in [1.165, 1.54) is 20.3 Å². The van der Waals surface area contributed by atoms with Crippen LogP contribution in [-0.4, -0.2) is 37.3 Å². The zero-order chi connectivity index (χ0) is 17.1. The van der Waals surface area contributed by atoms with Gasteiger partial charge in [-0.25, -0.2) is 4.39 Å². The van der Waals surface area contributed by atoms with Gasteiger partial charge in [0.05, 0.1) is 14.2 Å². The Morgan fingerprint density at radius 3 is 2.46 bits per heavy atom. The molecule has 1 saturated heterocycles. The lowest BCUT2D eigenvalue weighted by atomic mass is 10.1. The number of carbonyl (C=O) groups is 1. The molecule has 24 heavy (non-hydrogen) atoms. The minimum atomic E-state index is -0.323. The van der Waals surface area contributed by atoms with Crippen LogP contribution in [0.15, 0.2) is 42.5 Å². The lowest BCUT2D eigenvalue weighted by Gasteiger charge is -2.25. The third-order valence-corrected chi connectivity index (χ3v) is 5.16. The molecule has 1 atom stereocenters. The van der Waals surface area contributed by atoms with E-state index < -0.39 is 0 Å². The number of nitrogens with zero attached hydrogens (tertiary/aromatic N) is 1. The van der Waals surface area contributed by atoms with Crippen LogP contribution >= 0.6 is 11.8 Å². The topological polar surface area (TPSA) is 38.8 Å². The number of hydrogen-bond acceptors (Lipinski definition) is 4. The first-order valence-electron chi connectivity index (χ1n) is 7.54. The number of hydrogen-bond donors (Lipinski definition) is 0. The summed E-state index contributed by atoms with van der Waals surface area (Å²) in [7, 11) is 3.08. The number of rotatable bonds is 4. The number of ether oxygens (including phenoxy) is 2. The van der Waals surface area contributed by atoms with Gasteiger partial charge in [-0.3, -0.25) is 4.79 Å². The van der Waals surface area contributed by atoms with E-state index in [2.05, 4.69) is 0 Å². The van der Waals surface area contributed by atoms with Crippen molar-refractivity contribution in [1.82, 2.24) is 4.90 Å². The van der Waals surface area contributed by atoms with Crippen molar-refractivity contribution < 1.29 is 18.7 Å². The Bertz CT molecular complexity index is 731. The normalized spacial score (nSPS) is 17.0. The molecule has 1 aliphatic heterocycles. The van der Waals surface area contributed by atoms with Crippen molar-refractivity contribution >= 4 is 17.7 Å². The zero-order valence-corrected chi connectivity index (χ0v) is 14.3. The average molecular weight is 347 g/mol. The summed E-state index contributed by atoms with van der Waals surface area (Å²) in [5.74, 6) is 1.41. The molecule has 3 rings (SSSR count). The molecule has 0 spiro atoms. The van der Waals surface area contributed by atoms with Crippen molar-refractivity contribution in [3.63, 3.8) is 0 Å². The zero-order valence-electron chi connectivity index (χ0n) is 13.5. The highest BCUT2D eigenvalue weighted by atomic mass is 32.2. The summed E-state index contributed by atoms with van der Waals surface area (Å²) in [6.45, 7) is 0.571. The van der Waals surface area contributed by atoms with Crippen LogP contribution in [0.3, 0.4) is 0 Å². The molecule has 1 aliphatic rings. The number of methoxy groups -OCH3 is 2. The summed E-state index contributed by atoms with van der Waals surface area (Å²) in [6.07, 6.45) is 0. The van der Waals surface area contributed by atoms with Crippen LogP contribution in [0.5, 0.6) is 11.5 Å². The Morgan fingerprint density at radius 2 is 1.83 bits per heavy atom. The molecular weight excluding hydrogens is 329 g/mol. The molecule has 0 N–H and O–H groups in total. The molecule has 2 aromatic carbocycles. The predicted octanol–water partition coefficient (Wildman–Crippen LogP) is 3.73. The van der Waals surface area contributed by atoms with Crippen LogP contribution in [-0.2, 0) is 0 Å². The van der Waals surface area contributed by atoms with Crippen molar-refractivity contribution in [2.24, 2.45) is 0 Å². The van der Waals surface area contributed by atoms with Crippen molar-refractivity contribution in [1.29, 1.82) is 0 Å². The van der Waals surface area contributed by atoms with Crippen LogP contribution in [0.4, 0.5) is 4.39 Å². The van der Waals surface area contributed by atoms with Crippen LogP contribution in [0, 0.1) is 5.82 Å². The minimum Gasteiger partial charge on any atom is -0.497 e. The van der Waals surface area contributed by atoms with E-state index in [1.54, 1.807) is 53.1 Å². The summed E-state index contributed by atoms with van der Waals surface area (Å²) in [4.78, 5) is 14.6. The van der Waals surface area contributed by atoms with Crippen molar-refractivity contribution in [3.05, 3.63) is 59.4 Å². The molecule has 0 saturated carbocycles. The molecule has 0 bridgehead atoms. The lowest BCUT2D eigenvalue weighted by molar-refractivity contribution is 0.0758. The maximum atomic E-state index is 14.1. The number of amides is 1. The fourth-order valence-electron chi connectivity index (χ4n) is 2.71. The molecule has 1 heterocycles. The smallest absolute Gasteiger partial charge is 0.255 e. The molecule has 6 heteroatoms. The number of halogens is 1. The highest BCUT2D eigenvalue weighted by Gasteiger charge is 2.33. The number of thioether (sulfide) groups is 1. The standard InChI is InChI=1S/C18H18FNO3S/c1-22-13-9-12(10-14(11-13)23-2)17(21)20-7-8-24-18(20)15-5-3-4-6-16(15)19/h3-6,9-11,18H,7-8H2,1-2H3/t18-/m0/s1. The maximum absolute atomic E-state index is 14.1. The molecule has 4 nitrogen and oxygen atoms in total. The third kappa shape index (κ3) is 3.19. The minimum absolute atomic E-state index is 0.162. The van der Waals surface area contributed by atoms with E-state index in [-0.39, 0.29) is 17.1 Å². The molecule has 1 amide bonds. The first-order valence-corrected chi connectivity index (χ1v) is 8.59. The van der Waals surface area contributed by atoms with Crippen LogP contribution in [0.2, 0.25) is 0 Å². The SMILES string of the molecule is COc1cc(OC)cc(C(=O)N2CCS[C@H]2c2ccccc2F)c1. The number of carbonyl (C=O) groups excluding carboxylic acids is 1. The summed E-state index contributed by atoms with van der Waals surface area (Å²) in [5, 5.41) is -0.323. The van der Waals surface area contributed by atoms with Crippen molar-refractivity contribution in [2.45, 2.75) is 5.37 Å². The van der Waals surface area contributed by atoms with E-state index in [1.807, 2.05) is 0 Å². The van der Waals surface area contributed by atoms with Crippen LogP contribution < -0.4 is 9.47 Å². The van der Waals surface area contributed by atoms with Crippen molar-refractivity contribution in [3.8, 4) is 11.5 Å². The lowest BCUT2D eigenvalue weighted by Crippen LogP contribution is -2.30. The van der Waals surface area contributed by atoms with Gasteiger partial charge in [-0.15, -0.1) is 11.8 Å². The summed E-state index contributed by atoms with van der Waals surface area (Å²) < 4.78 is 24.6. The maximum Gasteiger partial charge on any atom is 0.255 e. The molecule has 2 aromatic rings. The quantitative estimate of drug-likeness (QED) is 0.845. The third-order valence-electron chi connectivity index (χ3n) is 3.92. The van der Waals surface area contributed by atoms with Crippen LogP contribution in [0.1, 0.15) is 21.3 Å². The van der Waals surface area contributed by atoms with E-state index >= 15 is 0 Å². The molecule has 0 unspecified atom stereocenters. The second-order valence-electron chi connectivity index (χ2n) is 5.34. The second-order valence-corrected chi connectivity index (χ2v) is 6.53. The van der Waals surface area contributed by atoms with E-state index in [0.717, 1.165) is 5.75 Å². The summed E-state index contributed by atoms with van der Waals surface area (Å²) >= 11 is 1.56. The van der Waals surface area contributed by atoms with Gasteiger partial charge in [-0.05, 0) is 18.2 Å². The highest BCUT2D eigenvalue weighted by Crippen LogP contribution is 2.40. The molecule has 0 radical (unpaired) electrons. The van der Waals surface area contributed by atoms with Gasteiger partial charge in [0.15, 0.2) is 0 Å². The van der Waals surface area contributed by atoms with Gasteiger partial charge in [-0.1, -0.05) is 18.2 Å². The Hall–Kier alpha value is -2.21. The molecular formula is C18H18FNO3S. The van der Waals surface area contributed by atoms with Gasteiger partial charge in [0, 0.05) is 29.5 Å². The number of benzene rings is 2. The van der Waals surface area contributed by atoms with Crippen molar-refractivity contribution in [2.75, 3.05) is 26.5 Å². The van der Waals surface area contributed by atoms with E-state index in [0.29, 0.717) is 29.2 Å². The molecule has 1 fully saturated rings. The van der Waals surface area contributed by atoms with Gasteiger partial charge in [-0.2, -0.15) is 0 Å². The Morgan fingerprint density at radius 1 is 1.17 bits per heavy atom. The predicted molar refractivity (Wildman–Crippen MR) is 92.2 cm³/mol. The average Bonchev–Trinajstić information content (AvgIpc) is 3.10. The first kappa shape index (κ1) is 16.6. The largest absolute Gasteiger partial charge is 0.497 e. The fraction of sp³-hybridized carbons (Fsp3) is 0.278. The Labute approximate surface area is 144 Å². The summed E-state index contributed by atoms with van der Waals surface area (Å²) in [6, 6.07) is 11.6. The monoisotopic (exact) mass is 347 g/mol. The Balaban J connectivity index is 1.93. The molecule has 0 aliphatic carbocycles. The summed E-state index contributed by atoms with van der Waals surface area (Å²) in [5.41, 5.74) is 0.998. The molecule has 0 aromatic heterocycles. The van der Waals surface area contributed by atoms with Gasteiger partial charge >= 0.3 is 0 Å². The van der Waals surface area contributed by atoms with Gasteiger partial charge < -0.3 is 14.4 Å². The fourth-order valence-corrected chi connectivity index (χ4v) is 3.98. The molecule has 126 valence electrons. The Kier molecular flexibility index (Phi) is 4.94. The van der Waals surface area contributed by atoms with Crippen LogP contribution in [0.25, 0.3) is 0 Å². The van der Waals surface area contributed by atoms with Gasteiger partial charge in [0.1, 0.15) is 22.7 Å².